The summed E-state index contributed by atoms with van der Waals surface area (Å²) in [4.78, 5) is 4.91. The summed E-state index contributed by atoms with van der Waals surface area (Å²) >= 11 is 0. The molecule has 2 rings (SSSR count). The van der Waals surface area contributed by atoms with E-state index in [2.05, 4.69) is 43.0 Å². The Kier molecular flexibility index (Phi) is 4.25. The third-order valence-corrected chi connectivity index (χ3v) is 4.27. The maximum Gasteiger partial charge on any atom is 0.0320 e. The number of likely N-dealkylation sites (tertiary alicyclic amines) is 1. The van der Waals surface area contributed by atoms with Gasteiger partial charge in [-0.3, -0.25) is 4.90 Å². The van der Waals surface area contributed by atoms with Crippen LogP contribution in [0.4, 0.5) is 5.69 Å². The van der Waals surface area contributed by atoms with Gasteiger partial charge in [-0.1, -0.05) is 12.1 Å². The number of anilines is 1. The lowest BCUT2D eigenvalue weighted by Gasteiger charge is -2.38. The smallest absolute Gasteiger partial charge is 0.0320 e. The van der Waals surface area contributed by atoms with E-state index in [1.807, 2.05) is 12.1 Å². The summed E-state index contributed by atoms with van der Waals surface area (Å²) in [5.41, 5.74) is 8.04. The van der Waals surface area contributed by atoms with Crippen molar-refractivity contribution in [1.82, 2.24) is 9.80 Å². The molecule has 2 N–H and O–H groups in total. The fourth-order valence-electron chi connectivity index (χ4n) is 2.77. The molecule has 0 amide bonds. The highest BCUT2D eigenvalue weighted by atomic mass is 15.2. The lowest BCUT2D eigenvalue weighted by Crippen LogP contribution is -2.42. The van der Waals surface area contributed by atoms with Crippen LogP contribution >= 0.6 is 0 Å². The molecule has 1 aromatic carbocycles. The fourth-order valence-corrected chi connectivity index (χ4v) is 2.77. The van der Waals surface area contributed by atoms with Crippen LogP contribution in [0.25, 0.3) is 0 Å². The second kappa shape index (κ2) is 5.72. The van der Waals surface area contributed by atoms with Crippen LogP contribution in [0.5, 0.6) is 0 Å². The summed E-state index contributed by atoms with van der Waals surface area (Å²) in [6.45, 7) is 4.68. The minimum atomic E-state index is 0.432. The molecule has 1 fully saturated rings. The van der Waals surface area contributed by atoms with Crippen molar-refractivity contribution < 1.29 is 0 Å². The maximum absolute atomic E-state index is 5.87. The van der Waals surface area contributed by atoms with E-state index in [0.29, 0.717) is 12.1 Å². The van der Waals surface area contributed by atoms with Crippen molar-refractivity contribution in [3.63, 3.8) is 0 Å². The van der Waals surface area contributed by atoms with Crippen LogP contribution in [0.3, 0.4) is 0 Å². The van der Waals surface area contributed by atoms with E-state index in [4.69, 9.17) is 5.73 Å². The monoisotopic (exact) mass is 247 g/mol. The average Bonchev–Trinajstić information content (AvgIpc) is 2.38. The van der Waals surface area contributed by atoms with Crippen molar-refractivity contribution in [3.05, 3.63) is 29.8 Å². The second-order valence-electron chi connectivity index (χ2n) is 5.55. The van der Waals surface area contributed by atoms with Gasteiger partial charge >= 0.3 is 0 Å². The van der Waals surface area contributed by atoms with E-state index < -0.39 is 0 Å². The Balaban J connectivity index is 2.02. The van der Waals surface area contributed by atoms with Gasteiger partial charge in [0.15, 0.2) is 0 Å². The predicted octanol–water partition coefficient (Wildman–Crippen LogP) is 2.36. The normalized spacial score (nSPS) is 20.2. The molecule has 1 aliphatic heterocycles. The third kappa shape index (κ3) is 3.03. The first-order valence-corrected chi connectivity index (χ1v) is 6.84. The Bertz CT molecular complexity index is 383. The summed E-state index contributed by atoms with van der Waals surface area (Å²) in [5.74, 6) is 0. The average molecular weight is 247 g/mol. The summed E-state index contributed by atoms with van der Waals surface area (Å²) in [7, 11) is 4.45. The maximum atomic E-state index is 5.87. The molecule has 1 saturated heterocycles. The minimum absolute atomic E-state index is 0.432. The molecule has 0 saturated carbocycles. The van der Waals surface area contributed by atoms with E-state index in [1.165, 1.54) is 31.5 Å². The molecular formula is C15H25N3. The van der Waals surface area contributed by atoms with Gasteiger partial charge < -0.3 is 10.6 Å². The highest BCUT2D eigenvalue weighted by Gasteiger charge is 2.24. The van der Waals surface area contributed by atoms with E-state index in [1.54, 1.807) is 0 Å². The van der Waals surface area contributed by atoms with E-state index in [0.717, 1.165) is 5.69 Å². The Labute approximate surface area is 111 Å². The molecule has 1 aromatic rings. The SMILES string of the molecule is CC(c1cccc(N)c1)N(C)C1CCN(C)CC1. The van der Waals surface area contributed by atoms with Crippen LogP contribution < -0.4 is 5.73 Å². The number of nitrogen functional groups attached to an aromatic ring is 1. The molecule has 3 nitrogen and oxygen atoms in total. The first-order valence-electron chi connectivity index (χ1n) is 6.84. The van der Waals surface area contributed by atoms with Crippen LogP contribution in [0.2, 0.25) is 0 Å². The molecule has 0 aromatic heterocycles. The quantitative estimate of drug-likeness (QED) is 0.832. The van der Waals surface area contributed by atoms with Crippen LogP contribution in [0, 0.1) is 0 Å². The van der Waals surface area contributed by atoms with Gasteiger partial charge in [0.25, 0.3) is 0 Å². The molecule has 3 heteroatoms. The van der Waals surface area contributed by atoms with Crippen LogP contribution in [-0.4, -0.2) is 43.0 Å². The molecular weight excluding hydrogens is 222 g/mol. The number of benzene rings is 1. The summed E-state index contributed by atoms with van der Waals surface area (Å²) in [6.07, 6.45) is 2.53. The zero-order valence-corrected chi connectivity index (χ0v) is 11.8. The number of hydrogen-bond donors (Lipinski definition) is 1. The van der Waals surface area contributed by atoms with Crippen LogP contribution in [0.15, 0.2) is 24.3 Å². The lowest BCUT2D eigenvalue weighted by atomic mass is 9.99. The molecule has 0 spiro atoms. The second-order valence-corrected chi connectivity index (χ2v) is 5.55. The molecule has 0 radical (unpaired) electrons. The standard InChI is InChI=1S/C15H25N3/c1-12(13-5-4-6-14(16)11-13)18(3)15-7-9-17(2)10-8-15/h4-6,11-12,15H,7-10,16H2,1-3H3. The molecule has 18 heavy (non-hydrogen) atoms. The Morgan fingerprint density at radius 1 is 1.33 bits per heavy atom. The zero-order valence-electron chi connectivity index (χ0n) is 11.8. The topological polar surface area (TPSA) is 32.5 Å². The molecule has 1 unspecified atom stereocenters. The van der Waals surface area contributed by atoms with Crippen LogP contribution in [-0.2, 0) is 0 Å². The number of rotatable bonds is 3. The molecule has 0 bridgehead atoms. The zero-order chi connectivity index (χ0) is 13.1. The van der Waals surface area contributed by atoms with Crippen molar-refractivity contribution in [2.24, 2.45) is 0 Å². The largest absolute Gasteiger partial charge is 0.399 e. The van der Waals surface area contributed by atoms with Gasteiger partial charge in [0, 0.05) is 17.8 Å². The predicted molar refractivity (Wildman–Crippen MR) is 77.6 cm³/mol. The summed E-state index contributed by atoms with van der Waals surface area (Å²) in [6, 6.07) is 9.39. The number of piperidine rings is 1. The first kappa shape index (κ1) is 13.4. The van der Waals surface area contributed by atoms with Crippen molar-refractivity contribution in [3.8, 4) is 0 Å². The van der Waals surface area contributed by atoms with Gasteiger partial charge in [0.1, 0.15) is 0 Å². The van der Waals surface area contributed by atoms with Crippen molar-refractivity contribution in [2.45, 2.75) is 31.8 Å². The fraction of sp³-hybridized carbons (Fsp3) is 0.600. The summed E-state index contributed by atoms with van der Waals surface area (Å²) in [5, 5.41) is 0. The van der Waals surface area contributed by atoms with Crippen molar-refractivity contribution in [2.75, 3.05) is 32.9 Å². The van der Waals surface area contributed by atoms with Gasteiger partial charge in [-0.05, 0) is 64.6 Å². The third-order valence-electron chi connectivity index (χ3n) is 4.27. The van der Waals surface area contributed by atoms with E-state index >= 15 is 0 Å². The van der Waals surface area contributed by atoms with Gasteiger partial charge in [0.05, 0.1) is 0 Å². The Hall–Kier alpha value is -1.06. The van der Waals surface area contributed by atoms with Crippen LogP contribution in [0.1, 0.15) is 31.4 Å². The number of hydrogen-bond acceptors (Lipinski definition) is 3. The molecule has 100 valence electrons. The lowest BCUT2D eigenvalue weighted by molar-refractivity contribution is 0.114. The highest BCUT2D eigenvalue weighted by molar-refractivity contribution is 5.41. The molecule has 1 aliphatic rings. The van der Waals surface area contributed by atoms with Crippen molar-refractivity contribution >= 4 is 5.69 Å². The Morgan fingerprint density at radius 2 is 2.00 bits per heavy atom. The van der Waals surface area contributed by atoms with E-state index in [9.17, 15) is 0 Å². The highest BCUT2D eigenvalue weighted by Crippen LogP contribution is 2.26. The number of nitrogens with two attached hydrogens (primary N) is 1. The number of nitrogens with zero attached hydrogens (tertiary/aromatic N) is 2. The van der Waals surface area contributed by atoms with Crippen molar-refractivity contribution in [1.29, 1.82) is 0 Å². The molecule has 0 aliphatic carbocycles. The van der Waals surface area contributed by atoms with Gasteiger partial charge in [-0.2, -0.15) is 0 Å². The van der Waals surface area contributed by atoms with Gasteiger partial charge in [0.2, 0.25) is 0 Å². The molecule has 1 heterocycles. The van der Waals surface area contributed by atoms with Gasteiger partial charge in [-0.15, -0.1) is 0 Å². The Morgan fingerprint density at radius 3 is 2.61 bits per heavy atom. The van der Waals surface area contributed by atoms with E-state index in [-0.39, 0.29) is 0 Å². The first-order chi connectivity index (χ1) is 8.58. The van der Waals surface area contributed by atoms with Gasteiger partial charge in [-0.25, -0.2) is 0 Å². The molecule has 1 atom stereocenters. The summed E-state index contributed by atoms with van der Waals surface area (Å²) < 4.78 is 0. The minimum Gasteiger partial charge on any atom is -0.399 e.